The molecule has 0 spiro atoms. The van der Waals surface area contributed by atoms with Crippen LogP contribution in [0.15, 0.2) is 17.5 Å². The van der Waals surface area contributed by atoms with Crippen LogP contribution in [-0.2, 0) is 20.8 Å². The SMILES string of the molecule is Cc1nc(CCNC(=O)C(CC(C)C)N2C(=O)C3CC=CCC3C2=O)cs1. The van der Waals surface area contributed by atoms with Crippen molar-refractivity contribution < 1.29 is 14.4 Å². The van der Waals surface area contributed by atoms with Gasteiger partial charge in [0.25, 0.3) is 0 Å². The molecule has 0 radical (unpaired) electrons. The number of amides is 3. The normalized spacial score (nSPS) is 23.0. The third-order valence-electron chi connectivity index (χ3n) is 5.20. The number of aryl methyl sites for hydroxylation is 1. The van der Waals surface area contributed by atoms with Crippen molar-refractivity contribution in [2.24, 2.45) is 17.8 Å². The Morgan fingerprint density at radius 2 is 1.89 bits per heavy atom. The first-order valence-electron chi connectivity index (χ1n) is 9.59. The molecule has 3 unspecified atom stereocenters. The zero-order valence-corrected chi connectivity index (χ0v) is 16.9. The van der Waals surface area contributed by atoms with Gasteiger partial charge >= 0.3 is 0 Å². The van der Waals surface area contributed by atoms with E-state index in [0.29, 0.717) is 32.2 Å². The minimum Gasteiger partial charge on any atom is -0.354 e. The van der Waals surface area contributed by atoms with E-state index in [1.165, 1.54) is 4.90 Å². The number of hydrogen-bond acceptors (Lipinski definition) is 5. The number of carbonyl (C=O) groups is 3. The topological polar surface area (TPSA) is 79.4 Å². The molecule has 0 saturated carbocycles. The molecule has 1 aromatic heterocycles. The van der Waals surface area contributed by atoms with Gasteiger partial charge in [-0.15, -0.1) is 11.3 Å². The zero-order chi connectivity index (χ0) is 19.6. The summed E-state index contributed by atoms with van der Waals surface area (Å²) in [5, 5.41) is 5.89. The monoisotopic (exact) mass is 389 g/mol. The first-order valence-corrected chi connectivity index (χ1v) is 10.5. The number of allylic oxidation sites excluding steroid dienone is 2. The highest BCUT2D eigenvalue weighted by Crippen LogP contribution is 2.37. The molecule has 27 heavy (non-hydrogen) atoms. The third-order valence-corrected chi connectivity index (χ3v) is 6.02. The molecular weight excluding hydrogens is 362 g/mol. The van der Waals surface area contributed by atoms with Gasteiger partial charge in [-0.3, -0.25) is 19.3 Å². The summed E-state index contributed by atoms with van der Waals surface area (Å²) in [7, 11) is 0. The summed E-state index contributed by atoms with van der Waals surface area (Å²) >= 11 is 1.58. The molecule has 3 atom stereocenters. The molecule has 146 valence electrons. The van der Waals surface area contributed by atoms with Crippen molar-refractivity contribution in [3.63, 3.8) is 0 Å². The number of thiazole rings is 1. The molecule has 6 nitrogen and oxygen atoms in total. The van der Waals surface area contributed by atoms with E-state index >= 15 is 0 Å². The molecular formula is C20H27N3O3S. The number of imide groups is 1. The Morgan fingerprint density at radius 1 is 1.26 bits per heavy atom. The summed E-state index contributed by atoms with van der Waals surface area (Å²) in [5.41, 5.74) is 0.948. The van der Waals surface area contributed by atoms with E-state index in [-0.39, 0.29) is 35.5 Å². The smallest absolute Gasteiger partial charge is 0.243 e. The highest BCUT2D eigenvalue weighted by atomic mass is 32.1. The molecule has 1 saturated heterocycles. The minimum atomic E-state index is -0.729. The lowest BCUT2D eigenvalue weighted by Crippen LogP contribution is -2.51. The summed E-state index contributed by atoms with van der Waals surface area (Å²) < 4.78 is 0. The molecule has 2 aliphatic rings. The number of rotatable bonds is 7. The van der Waals surface area contributed by atoms with E-state index < -0.39 is 6.04 Å². The van der Waals surface area contributed by atoms with Gasteiger partial charge in [0.05, 0.1) is 22.5 Å². The lowest BCUT2D eigenvalue weighted by atomic mass is 9.85. The Morgan fingerprint density at radius 3 is 2.41 bits per heavy atom. The third kappa shape index (κ3) is 4.29. The van der Waals surface area contributed by atoms with Crippen molar-refractivity contribution in [1.82, 2.24) is 15.2 Å². The molecule has 3 amide bonds. The van der Waals surface area contributed by atoms with E-state index in [4.69, 9.17) is 0 Å². The fourth-order valence-corrected chi connectivity index (χ4v) is 4.51. The zero-order valence-electron chi connectivity index (χ0n) is 16.1. The predicted molar refractivity (Wildman–Crippen MR) is 104 cm³/mol. The number of fused-ring (bicyclic) bond motifs is 1. The number of nitrogens with zero attached hydrogens (tertiary/aromatic N) is 2. The van der Waals surface area contributed by atoms with Gasteiger partial charge in [0.2, 0.25) is 17.7 Å². The molecule has 1 N–H and O–H groups in total. The lowest BCUT2D eigenvalue weighted by Gasteiger charge is -2.27. The van der Waals surface area contributed by atoms with E-state index in [9.17, 15) is 14.4 Å². The summed E-state index contributed by atoms with van der Waals surface area (Å²) in [6.07, 6.45) is 6.22. The lowest BCUT2D eigenvalue weighted by molar-refractivity contribution is -0.148. The molecule has 0 aromatic carbocycles. The molecule has 2 heterocycles. The molecule has 1 fully saturated rings. The Kier molecular flexibility index (Phi) is 6.09. The fourth-order valence-electron chi connectivity index (χ4n) is 3.86. The van der Waals surface area contributed by atoms with Gasteiger partial charge in [-0.2, -0.15) is 0 Å². The number of likely N-dealkylation sites (tertiary alicyclic amines) is 1. The Hall–Kier alpha value is -2.02. The molecule has 3 rings (SSSR count). The van der Waals surface area contributed by atoms with Gasteiger partial charge in [0.1, 0.15) is 6.04 Å². The van der Waals surface area contributed by atoms with Crippen LogP contribution in [-0.4, -0.2) is 40.2 Å². The van der Waals surface area contributed by atoms with Crippen molar-refractivity contribution in [3.8, 4) is 0 Å². The maximum atomic E-state index is 12.9. The van der Waals surface area contributed by atoms with Crippen LogP contribution in [0.4, 0.5) is 0 Å². The van der Waals surface area contributed by atoms with E-state index in [1.54, 1.807) is 11.3 Å². The number of aromatic nitrogens is 1. The van der Waals surface area contributed by atoms with Gasteiger partial charge < -0.3 is 5.32 Å². The van der Waals surface area contributed by atoms with Crippen molar-refractivity contribution >= 4 is 29.1 Å². The quantitative estimate of drug-likeness (QED) is 0.574. The average molecular weight is 390 g/mol. The number of nitrogens with one attached hydrogen (secondary N) is 1. The fraction of sp³-hybridized carbons (Fsp3) is 0.600. The van der Waals surface area contributed by atoms with Crippen LogP contribution in [0.1, 0.15) is 43.8 Å². The van der Waals surface area contributed by atoms with Gasteiger partial charge in [0, 0.05) is 18.3 Å². The summed E-state index contributed by atoms with van der Waals surface area (Å²) in [6.45, 7) is 6.39. The second kappa shape index (κ2) is 8.33. The second-order valence-electron chi connectivity index (χ2n) is 7.75. The van der Waals surface area contributed by atoms with Crippen LogP contribution in [0.3, 0.4) is 0 Å². The molecule has 1 aliphatic heterocycles. The first-order chi connectivity index (χ1) is 12.9. The van der Waals surface area contributed by atoms with E-state index in [0.717, 1.165) is 10.7 Å². The number of hydrogen-bond donors (Lipinski definition) is 1. The van der Waals surface area contributed by atoms with Crippen LogP contribution >= 0.6 is 11.3 Å². The van der Waals surface area contributed by atoms with E-state index in [2.05, 4.69) is 10.3 Å². The van der Waals surface area contributed by atoms with Crippen molar-refractivity contribution in [2.75, 3.05) is 6.54 Å². The molecule has 1 aliphatic carbocycles. The van der Waals surface area contributed by atoms with Crippen LogP contribution in [0.2, 0.25) is 0 Å². The Balaban J connectivity index is 1.68. The van der Waals surface area contributed by atoms with Gasteiger partial charge in [-0.25, -0.2) is 4.98 Å². The predicted octanol–water partition coefficient (Wildman–Crippen LogP) is 2.48. The van der Waals surface area contributed by atoms with Crippen LogP contribution < -0.4 is 5.32 Å². The average Bonchev–Trinajstić information content (AvgIpc) is 3.15. The summed E-state index contributed by atoms with van der Waals surface area (Å²) in [6, 6.07) is -0.729. The molecule has 7 heteroatoms. The largest absolute Gasteiger partial charge is 0.354 e. The molecule has 1 aromatic rings. The van der Waals surface area contributed by atoms with Crippen LogP contribution in [0.25, 0.3) is 0 Å². The van der Waals surface area contributed by atoms with Crippen molar-refractivity contribution in [3.05, 3.63) is 28.2 Å². The molecule has 0 bridgehead atoms. The summed E-state index contributed by atoms with van der Waals surface area (Å²) in [5.74, 6) is -1.03. The Bertz CT molecular complexity index is 729. The standard InChI is InChI=1S/C20H27N3O3S/c1-12(2)10-17(18(24)21-9-8-14-11-27-13(3)22-14)23-19(25)15-6-4-5-7-16(15)20(23)26/h4-5,11-12,15-17H,6-10H2,1-3H3,(H,21,24). The van der Waals surface area contributed by atoms with Gasteiger partial charge in [-0.05, 0) is 32.1 Å². The maximum Gasteiger partial charge on any atom is 0.243 e. The first kappa shape index (κ1) is 19.7. The minimum absolute atomic E-state index is 0.190. The highest BCUT2D eigenvalue weighted by molar-refractivity contribution is 7.09. The highest BCUT2D eigenvalue weighted by Gasteiger charge is 2.51. The van der Waals surface area contributed by atoms with Crippen LogP contribution in [0, 0.1) is 24.7 Å². The van der Waals surface area contributed by atoms with E-state index in [1.807, 2.05) is 38.3 Å². The van der Waals surface area contributed by atoms with Crippen molar-refractivity contribution in [1.29, 1.82) is 0 Å². The van der Waals surface area contributed by atoms with Crippen LogP contribution in [0.5, 0.6) is 0 Å². The maximum absolute atomic E-state index is 12.9. The van der Waals surface area contributed by atoms with Crippen molar-refractivity contribution in [2.45, 2.75) is 52.5 Å². The van der Waals surface area contributed by atoms with Gasteiger partial charge in [0.15, 0.2) is 0 Å². The van der Waals surface area contributed by atoms with Gasteiger partial charge in [-0.1, -0.05) is 26.0 Å². The number of carbonyl (C=O) groups excluding carboxylic acids is 3. The second-order valence-corrected chi connectivity index (χ2v) is 8.81. The summed E-state index contributed by atoms with van der Waals surface area (Å²) in [4.78, 5) is 44.2. The Labute approximate surface area is 164 Å².